The number of amides is 7. The fourth-order valence-electron chi connectivity index (χ4n) is 7.96. The van der Waals surface area contributed by atoms with Gasteiger partial charge in [0.25, 0.3) is 11.8 Å². The molecule has 2 aromatic rings. The lowest BCUT2D eigenvalue weighted by Crippen LogP contribution is -2.54. The molecule has 0 spiro atoms. The van der Waals surface area contributed by atoms with Crippen LogP contribution in [0.15, 0.2) is 48.5 Å². The molecule has 19 heteroatoms. The molecule has 3 saturated heterocycles. The molecular formula is C42H55N7O10S2. The van der Waals surface area contributed by atoms with Crippen LogP contribution in [0.1, 0.15) is 109 Å². The van der Waals surface area contributed by atoms with Crippen molar-refractivity contribution in [2.45, 2.75) is 101 Å². The Hall–Kier alpha value is -4.85. The topological polar surface area (TPSA) is 229 Å². The quantitative estimate of drug-likeness (QED) is 0.0900. The molecule has 5 atom stereocenters. The van der Waals surface area contributed by atoms with Gasteiger partial charge in [0.2, 0.25) is 39.6 Å². The summed E-state index contributed by atoms with van der Waals surface area (Å²) < 4.78 is 31.2. The molecule has 330 valence electrons. The van der Waals surface area contributed by atoms with Crippen LogP contribution < -0.4 is 31.3 Å². The van der Waals surface area contributed by atoms with E-state index in [0.29, 0.717) is 58.1 Å². The van der Waals surface area contributed by atoms with E-state index in [-0.39, 0.29) is 72.1 Å². The molecule has 4 aliphatic rings. The maximum atomic E-state index is 13.5. The van der Waals surface area contributed by atoms with Crippen LogP contribution in [0.5, 0.6) is 5.75 Å². The largest absolute Gasteiger partial charge is 0.493 e. The summed E-state index contributed by atoms with van der Waals surface area (Å²) in [5.41, 5.74) is 1.07. The summed E-state index contributed by atoms with van der Waals surface area (Å²) in [6.45, 7) is 1.08. The van der Waals surface area contributed by atoms with E-state index < -0.39 is 51.7 Å². The molecule has 5 N–H and O–H groups in total. The summed E-state index contributed by atoms with van der Waals surface area (Å²) in [5.74, 6) is -2.54. The second kappa shape index (κ2) is 21.3. The number of imide groups is 2. The fourth-order valence-corrected chi connectivity index (χ4v) is 9.98. The molecule has 6 rings (SSSR count). The van der Waals surface area contributed by atoms with Gasteiger partial charge in [0.05, 0.1) is 29.9 Å². The zero-order valence-corrected chi connectivity index (χ0v) is 36.0. The zero-order chi connectivity index (χ0) is 43.5. The number of ether oxygens (including phenoxy) is 1. The van der Waals surface area contributed by atoms with Gasteiger partial charge in [0.1, 0.15) is 23.3 Å². The Kier molecular flexibility index (Phi) is 15.9. The summed E-state index contributed by atoms with van der Waals surface area (Å²) in [6, 6.07) is 12.9. The fraction of sp³-hybridized carbons (Fsp3) is 0.548. The number of carbonyl (C=O) groups is 7. The van der Waals surface area contributed by atoms with Crippen LogP contribution in [0.25, 0.3) is 0 Å². The number of fused-ring (bicyclic) bond motifs is 1. The minimum absolute atomic E-state index is 0.0411. The summed E-state index contributed by atoms with van der Waals surface area (Å²) in [7, 11) is -3.43. The molecule has 4 heterocycles. The summed E-state index contributed by atoms with van der Waals surface area (Å²) in [5, 5.41) is 14.5. The lowest BCUT2D eigenvalue weighted by atomic mass is 10.0. The molecule has 4 aliphatic heterocycles. The Bertz CT molecular complexity index is 2070. The van der Waals surface area contributed by atoms with Gasteiger partial charge in [0.15, 0.2) is 0 Å². The number of hydrogen-bond acceptors (Lipinski definition) is 12. The number of nitrogens with zero attached hydrogens (tertiary/aromatic N) is 2. The van der Waals surface area contributed by atoms with Gasteiger partial charge >= 0.3 is 0 Å². The number of carbonyl (C=O) groups excluding carboxylic acids is 7. The highest BCUT2D eigenvalue weighted by Gasteiger charge is 2.46. The molecule has 4 unspecified atom stereocenters. The van der Waals surface area contributed by atoms with Gasteiger partial charge in [-0.05, 0) is 62.6 Å². The Morgan fingerprint density at radius 1 is 0.918 bits per heavy atom. The molecule has 3 fully saturated rings. The van der Waals surface area contributed by atoms with E-state index >= 15 is 0 Å². The van der Waals surface area contributed by atoms with Crippen molar-refractivity contribution in [3.05, 3.63) is 65.2 Å². The Morgan fingerprint density at radius 3 is 2.44 bits per heavy atom. The lowest BCUT2D eigenvalue weighted by molar-refractivity contribution is -0.136. The van der Waals surface area contributed by atoms with Gasteiger partial charge < -0.3 is 20.7 Å². The third kappa shape index (κ3) is 12.2. The molecule has 7 amide bonds. The van der Waals surface area contributed by atoms with Crippen LogP contribution >= 0.6 is 11.8 Å². The lowest BCUT2D eigenvalue weighted by Gasteiger charge is -2.27. The van der Waals surface area contributed by atoms with Crippen molar-refractivity contribution in [1.82, 2.24) is 35.8 Å². The van der Waals surface area contributed by atoms with Crippen molar-refractivity contribution < 1.29 is 46.7 Å². The van der Waals surface area contributed by atoms with Crippen LogP contribution in [0.2, 0.25) is 0 Å². The number of rotatable bonds is 21. The number of benzene rings is 2. The zero-order valence-electron chi connectivity index (χ0n) is 34.3. The van der Waals surface area contributed by atoms with E-state index in [1.54, 1.807) is 23.9 Å². The van der Waals surface area contributed by atoms with Gasteiger partial charge in [-0.3, -0.25) is 49.1 Å². The highest BCUT2D eigenvalue weighted by atomic mass is 32.2. The minimum Gasteiger partial charge on any atom is -0.493 e. The number of nitrogens with one attached hydrogen (secondary N) is 5. The predicted octanol–water partition coefficient (Wildman–Crippen LogP) is 2.34. The Labute approximate surface area is 360 Å². The standard InChI is InChI=1S/C42H55N7O10S2/c1-61(57,58)48-23-21-28(25-48)37(52)44-30(38(53)47-42-45-31(26-60-42)27-13-6-5-7-14-27)16-9-10-22-43-34(50)18-8-3-2-4-11-24-59-33-17-12-15-29-36(33)41(56)49(40(29)55)32-19-20-35(51)46-39(32)54/h5-7,12-15,17,28,30-32,42,45H,2-4,8-11,16,18-26H2,1H3,(H,43,50)(H,44,52)(H,47,53)(H,46,51,54)/t28?,30-,31?,32?,42?/m0/s1. The van der Waals surface area contributed by atoms with Crippen LogP contribution in [0.4, 0.5) is 0 Å². The third-order valence-corrected chi connectivity index (χ3v) is 13.7. The van der Waals surface area contributed by atoms with Crippen molar-refractivity contribution in [3.8, 4) is 5.75 Å². The first kappa shape index (κ1) is 45.7. The predicted molar refractivity (Wildman–Crippen MR) is 226 cm³/mol. The molecule has 2 aromatic carbocycles. The summed E-state index contributed by atoms with van der Waals surface area (Å²) in [6.07, 6.45) is 7.43. The number of unbranched alkanes of at least 4 members (excludes halogenated alkanes) is 5. The van der Waals surface area contributed by atoms with Crippen molar-refractivity contribution >= 4 is 63.1 Å². The maximum absolute atomic E-state index is 13.5. The number of hydrogen-bond donors (Lipinski definition) is 5. The molecular weight excluding hydrogens is 827 g/mol. The molecule has 17 nitrogen and oxygen atoms in total. The molecule has 0 bridgehead atoms. The maximum Gasteiger partial charge on any atom is 0.266 e. The number of piperidine rings is 1. The smallest absolute Gasteiger partial charge is 0.266 e. The Balaban J connectivity index is 0.862. The van der Waals surface area contributed by atoms with Crippen LogP contribution in [-0.4, -0.2) is 115 Å². The number of thioether (sulfide) groups is 1. The first-order valence-corrected chi connectivity index (χ1v) is 23.9. The van der Waals surface area contributed by atoms with E-state index in [9.17, 15) is 42.0 Å². The van der Waals surface area contributed by atoms with Gasteiger partial charge in [-0.15, -0.1) is 11.8 Å². The molecule has 0 aliphatic carbocycles. The van der Waals surface area contributed by atoms with Crippen LogP contribution in [0, 0.1) is 5.92 Å². The van der Waals surface area contributed by atoms with E-state index in [1.807, 2.05) is 30.3 Å². The summed E-state index contributed by atoms with van der Waals surface area (Å²) >= 11 is 1.57. The van der Waals surface area contributed by atoms with Crippen molar-refractivity contribution in [3.63, 3.8) is 0 Å². The highest BCUT2D eigenvalue weighted by Crippen LogP contribution is 2.34. The summed E-state index contributed by atoms with van der Waals surface area (Å²) in [4.78, 5) is 90.5. The first-order chi connectivity index (χ1) is 29.3. The van der Waals surface area contributed by atoms with Gasteiger partial charge in [-0.25, -0.2) is 12.7 Å². The minimum atomic E-state index is -3.43. The van der Waals surface area contributed by atoms with E-state index in [4.69, 9.17) is 4.74 Å². The SMILES string of the molecule is CS(=O)(=O)N1CCC(C(=O)N[C@@H](CCCCNC(=O)CCCCCCCOc2cccc3c2C(=O)N(C2CCC(=O)NC2=O)C3=O)C(=O)NC2NC(c3ccccc3)CS2)C1. The average molecular weight is 882 g/mol. The molecule has 61 heavy (non-hydrogen) atoms. The molecule has 0 radical (unpaired) electrons. The number of sulfonamides is 1. The van der Waals surface area contributed by atoms with Gasteiger partial charge in [0, 0.05) is 44.3 Å². The van der Waals surface area contributed by atoms with Gasteiger partial charge in [-0.2, -0.15) is 0 Å². The van der Waals surface area contributed by atoms with Gasteiger partial charge in [-0.1, -0.05) is 55.7 Å². The second-order valence-corrected chi connectivity index (χ2v) is 19.0. The first-order valence-electron chi connectivity index (χ1n) is 21.0. The van der Waals surface area contributed by atoms with Crippen molar-refractivity contribution in [2.75, 3.05) is 38.2 Å². The average Bonchev–Trinajstić information content (AvgIpc) is 3.98. The van der Waals surface area contributed by atoms with E-state index in [2.05, 4.69) is 26.6 Å². The monoisotopic (exact) mass is 881 g/mol. The normalized spacial score (nSPS) is 22.1. The van der Waals surface area contributed by atoms with E-state index in [0.717, 1.165) is 41.7 Å². The van der Waals surface area contributed by atoms with E-state index in [1.165, 1.54) is 10.4 Å². The molecule has 0 saturated carbocycles. The van der Waals surface area contributed by atoms with Crippen molar-refractivity contribution in [1.29, 1.82) is 0 Å². The third-order valence-electron chi connectivity index (χ3n) is 11.4. The van der Waals surface area contributed by atoms with Crippen LogP contribution in [-0.2, 0) is 34.0 Å². The van der Waals surface area contributed by atoms with Crippen LogP contribution in [0.3, 0.4) is 0 Å². The van der Waals surface area contributed by atoms with Crippen molar-refractivity contribution in [2.24, 2.45) is 5.92 Å². The second-order valence-electron chi connectivity index (χ2n) is 15.9. The molecule has 0 aromatic heterocycles. The highest BCUT2D eigenvalue weighted by molar-refractivity contribution is 8.00. The Morgan fingerprint density at radius 2 is 1.69 bits per heavy atom.